The molecular weight excluding hydrogens is 440 g/mol. The van der Waals surface area contributed by atoms with Gasteiger partial charge in [0.1, 0.15) is 0 Å². The summed E-state index contributed by atoms with van der Waals surface area (Å²) in [5.41, 5.74) is 4.65. The zero-order valence-electron chi connectivity index (χ0n) is 17.9. The van der Waals surface area contributed by atoms with Crippen molar-refractivity contribution in [3.05, 3.63) is 64.4 Å². The van der Waals surface area contributed by atoms with Gasteiger partial charge in [-0.25, -0.2) is 13.2 Å². The van der Waals surface area contributed by atoms with Crippen LogP contribution in [0.1, 0.15) is 33.3 Å². The van der Waals surface area contributed by atoms with Crippen LogP contribution in [-0.2, 0) is 20.2 Å². The zero-order valence-corrected chi connectivity index (χ0v) is 19.5. The molecule has 0 saturated carbocycles. The van der Waals surface area contributed by atoms with Crippen molar-refractivity contribution in [2.45, 2.75) is 38.0 Å². The quantitative estimate of drug-likeness (QED) is 0.616. The molecule has 0 bridgehead atoms. The predicted molar refractivity (Wildman–Crippen MR) is 121 cm³/mol. The number of nitrogens with one attached hydrogen (secondary N) is 2. The lowest BCUT2D eigenvalue weighted by atomic mass is 9.87. The minimum atomic E-state index is -3.90. The molecule has 0 radical (unpaired) electrons. The number of anilines is 2. The van der Waals surface area contributed by atoms with E-state index in [4.69, 9.17) is 11.6 Å². The van der Waals surface area contributed by atoms with Gasteiger partial charge in [-0.1, -0.05) is 44.5 Å². The van der Waals surface area contributed by atoms with E-state index in [2.05, 4.69) is 30.9 Å². The monoisotopic (exact) mass is 464 g/mol. The molecule has 0 atom stereocenters. The Labute approximate surface area is 187 Å². The summed E-state index contributed by atoms with van der Waals surface area (Å²) in [6.07, 6.45) is 0. The molecule has 3 N–H and O–H groups in total. The molecule has 0 unspecified atom stereocenters. The lowest BCUT2D eigenvalue weighted by molar-refractivity contribution is -0.133. The highest BCUT2D eigenvalue weighted by Gasteiger charge is 2.31. The van der Waals surface area contributed by atoms with Gasteiger partial charge in [0, 0.05) is 12.1 Å². The summed E-state index contributed by atoms with van der Waals surface area (Å²) in [6, 6.07) is 11.4. The molecule has 1 heterocycles. The van der Waals surface area contributed by atoms with Gasteiger partial charge in [-0.15, -0.1) is 5.12 Å². The van der Waals surface area contributed by atoms with Crippen LogP contribution in [0.15, 0.2) is 58.8 Å². The minimum absolute atomic E-state index is 0.0194. The van der Waals surface area contributed by atoms with Crippen molar-refractivity contribution < 1.29 is 18.3 Å². The smallest absolute Gasteiger partial charge is 0.355 e. The molecule has 8 nitrogen and oxygen atoms in total. The van der Waals surface area contributed by atoms with Crippen LogP contribution in [0.4, 0.5) is 11.4 Å². The number of hydrogen-bond donors (Lipinski definition) is 3. The van der Waals surface area contributed by atoms with Crippen molar-refractivity contribution in [1.29, 1.82) is 0 Å². The molecule has 3 rings (SSSR count). The van der Waals surface area contributed by atoms with Crippen LogP contribution in [0.3, 0.4) is 0 Å². The third-order valence-electron chi connectivity index (χ3n) is 4.93. The maximum atomic E-state index is 13.1. The van der Waals surface area contributed by atoms with Crippen LogP contribution >= 0.6 is 11.6 Å². The topological polar surface area (TPSA) is 102 Å². The van der Waals surface area contributed by atoms with Crippen molar-refractivity contribution in [2.24, 2.45) is 0 Å². The largest absolute Gasteiger partial charge is 0.476 e. The number of hydrogen-bond acceptors (Lipinski definition) is 6. The van der Waals surface area contributed by atoms with E-state index in [0.717, 1.165) is 5.56 Å². The molecule has 0 saturated heterocycles. The SMILES string of the molecule is CC1=C(C(=O)O)NN(C)N1c1cc(Cl)ccc1NS(=O)(=O)c1ccc(C(C)(C)C)cc1. The normalized spacial score (nSPS) is 15.2. The first-order valence-electron chi connectivity index (χ1n) is 9.49. The lowest BCUT2D eigenvalue weighted by Crippen LogP contribution is -2.40. The number of nitrogens with zero attached hydrogens (tertiary/aromatic N) is 2. The first-order chi connectivity index (χ1) is 14.3. The maximum Gasteiger partial charge on any atom is 0.355 e. The van der Waals surface area contributed by atoms with E-state index >= 15 is 0 Å². The van der Waals surface area contributed by atoms with Crippen LogP contribution in [0.5, 0.6) is 0 Å². The maximum absolute atomic E-state index is 13.1. The minimum Gasteiger partial charge on any atom is -0.476 e. The number of carboxylic acid groups (broad SMARTS) is 1. The molecule has 166 valence electrons. The summed E-state index contributed by atoms with van der Waals surface area (Å²) in [4.78, 5) is 11.6. The highest BCUT2D eigenvalue weighted by Crippen LogP contribution is 2.36. The predicted octanol–water partition coefficient (Wildman–Crippen LogP) is 3.93. The standard InChI is InChI=1S/C21H25ClN4O4S/c1-13-19(20(27)28)23-25(5)26(13)18-12-15(22)8-11-17(18)24-31(29,30)16-9-6-14(7-10-16)21(2,3)4/h6-12,23-24H,1-5H3,(H,27,28). The number of rotatable bonds is 5. The van der Waals surface area contributed by atoms with Gasteiger partial charge in [0.05, 0.1) is 22.0 Å². The van der Waals surface area contributed by atoms with Crippen molar-refractivity contribution in [3.63, 3.8) is 0 Å². The highest BCUT2D eigenvalue weighted by molar-refractivity contribution is 7.92. The van der Waals surface area contributed by atoms with Crippen LogP contribution in [0.2, 0.25) is 5.02 Å². The fourth-order valence-corrected chi connectivity index (χ4v) is 4.51. The summed E-state index contributed by atoms with van der Waals surface area (Å²) in [7, 11) is -2.28. The molecule has 0 spiro atoms. The van der Waals surface area contributed by atoms with Crippen molar-refractivity contribution >= 4 is 39.0 Å². The average Bonchev–Trinajstić information content (AvgIpc) is 2.97. The third-order valence-corrected chi connectivity index (χ3v) is 6.55. The molecule has 31 heavy (non-hydrogen) atoms. The Morgan fingerprint density at radius 2 is 1.74 bits per heavy atom. The van der Waals surface area contributed by atoms with Gasteiger partial charge >= 0.3 is 5.97 Å². The molecule has 0 fully saturated rings. The molecule has 2 aromatic carbocycles. The number of sulfonamides is 1. The first kappa shape index (κ1) is 22.9. The van der Waals surface area contributed by atoms with Crippen molar-refractivity contribution in [2.75, 3.05) is 16.8 Å². The number of hydrazine groups is 2. The van der Waals surface area contributed by atoms with Crippen LogP contribution in [0, 0.1) is 0 Å². The van der Waals surface area contributed by atoms with Gasteiger partial charge in [-0.3, -0.25) is 15.2 Å². The number of halogens is 1. The highest BCUT2D eigenvalue weighted by atomic mass is 35.5. The molecular formula is C21H25ClN4O4S. The molecule has 0 aromatic heterocycles. The summed E-state index contributed by atoms with van der Waals surface area (Å²) in [5.74, 6) is -1.13. The van der Waals surface area contributed by atoms with Crippen LogP contribution < -0.4 is 15.2 Å². The molecule has 10 heteroatoms. The molecule has 2 aromatic rings. The number of aliphatic carboxylic acids is 1. The summed E-state index contributed by atoms with van der Waals surface area (Å²) in [5, 5.41) is 12.7. The van der Waals surface area contributed by atoms with Crippen LogP contribution in [-0.4, -0.2) is 31.7 Å². The van der Waals surface area contributed by atoms with E-state index in [9.17, 15) is 18.3 Å². The Morgan fingerprint density at radius 3 is 2.26 bits per heavy atom. The fraction of sp³-hybridized carbons (Fsp3) is 0.286. The Hall–Kier alpha value is -2.75. The van der Waals surface area contributed by atoms with Gasteiger partial charge in [-0.2, -0.15) is 0 Å². The number of carbonyl (C=O) groups is 1. The average molecular weight is 465 g/mol. The number of carboxylic acids is 1. The Bertz CT molecular complexity index is 1150. The zero-order chi connectivity index (χ0) is 23.1. The number of allylic oxidation sites excluding steroid dienone is 1. The van der Waals surface area contributed by atoms with Gasteiger partial charge < -0.3 is 5.11 Å². The number of benzene rings is 2. The van der Waals surface area contributed by atoms with E-state index in [1.807, 2.05) is 0 Å². The van der Waals surface area contributed by atoms with Crippen molar-refractivity contribution in [1.82, 2.24) is 10.5 Å². The molecule has 0 amide bonds. The van der Waals surface area contributed by atoms with Gasteiger partial charge in [0.25, 0.3) is 10.0 Å². The second-order valence-corrected chi connectivity index (χ2v) is 10.4. The first-order valence-corrected chi connectivity index (χ1v) is 11.3. The van der Waals surface area contributed by atoms with Crippen LogP contribution in [0.25, 0.3) is 0 Å². The third kappa shape index (κ3) is 4.63. The molecule has 1 aliphatic rings. The van der Waals surface area contributed by atoms with E-state index in [-0.39, 0.29) is 21.7 Å². The van der Waals surface area contributed by atoms with E-state index in [0.29, 0.717) is 16.4 Å². The summed E-state index contributed by atoms with van der Waals surface area (Å²) >= 11 is 6.16. The Balaban J connectivity index is 2.01. The molecule has 1 aliphatic heterocycles. The van der Waals surface area contributed by atoms with E-state index in [1.54, 1.807) is 56.4 Å². The van der Waals surface area contributed by atoms with Gasteiger partial charge in [-0.05, 0) is 48.2 Å². The second kappa shape index (κ2) is 8.07. The van der Waals surface area contributed by atoms with Crippen molar-refractivity contribution in [3.8, 4) is 0 Å². The summed E-state index contributed by atoms with van der Waals surface area (Å²) in [6.45, 7) is 7.77. The fourth-order valence-electron chi connectivity index (χ4n) is 3.27. The van der Waals surface area contributed by atoms with Gasteiger partial charge in [0.2, 0.25) is 0 Å². The van der Waals surface area contributed by atoms with E-state index in [1.165, 1.54) is 10.1 Å². The second-order valence-electron chi connectivity index (χ2n) is 8.25. The van der Waals surface area contributed by atoms with Gasteiger partial charge in [0.15, 0.2) is 5.70 Å². The lowest BCUT2D eigenvalue weighted by Gasteiger charge is -2.29. The Kier molecular flexibility index (Phi) is 5.96. The summed E-state index contributed by atoms with van der Waals surface area (Å²) < 4.78 is 28.7. The Morgan fingerprint density at radius 1 is 1.13 bits per heavy atom. The molecule has 0 aliphatic carbocycles. The van der Waals surface area contributed by atoms with E-state index < -0.39 is 16.0 Å².